The Bertz CT molecular complexity index is 888. The van der Waals surface area contributed by atoms with Gasteiger partial charge in [0, 0.05) is 30.5 Å². The molecule has 0 aliphatic carbocycles. The number of hydrogen-bond acceptors (Lipinski definition) is 4. The highest BCUT2D eigenvalue weighted by Crippen LogP contribution is 2.39. The lowest BCUT2D eigenvalue weighted by atomic mass is 9.73. The second-order valence-corrected chi connectivity index (χ2v) is 9.43. The van der Waals surface area contributed by atoms with Crippen LogP contribution in [0.3, 0.4) is 0 Å². The van der Waals surface area contributed by atoms with E-state index in [2.05, 4.69) is 17.1 Å². The van der Waals surface area contributed by atoms with Crippen molar-refractivity contribution in [1.29, 1.82) is 0 Å². The normalized spacial score (nSPS) is 19.4. The summed E-state index contributed by atoms with van der Waals surface area (Å²) in [4.78, 5) is 15.9. The molecule has 0 spiro atoms. The van der Waals surface area contributed by atoms with Crippen LogP contribution in [0.4, 0.5) is 5.69 Å². The van der Waals surface area contributed by atoms with Gasteiger partial charge in [-0.15, -0.1) is 0 Å². The molecule has 4 rings (SSSR count). The number of carbonyl (C=O) groups is 1. The summed E-state index contributed by atoms with van der Waals surface area (Å²) in [5.41, 5.74) is 0.942. The molecule has 1 N–H and O–H groups in total. The lowest BCUT2D eigenvalue weighted by molar-refractivity contribution is -0.125. The summed E-state index contributed by atoms with van der Waals surface area (Å²) in [5.74, 6) is 1.62. The monoisotopic (exact) mass is 456 g/mol. The highest BCUT2D eigenvalue weighted by molar-refractivity contribution is 6.31. The Morgan fingerprint density at radius 3 is 2.50 bits per heavy atom. The molecule has 2 aromatic carbocycles. The van der Waals surface area contributed by atoms with Gasteiger partial charge in [0.25, 0.3) is 0 Å². The minimum atomic E-state index is -0.683. The van der Waals surface area contributed by atoms with Crippen LogP contribution in [0, 0.1) is 5.92 Å². The van der Waals surface area contributed by atoms with Gasteiger partial charge >= 0.3 is 0 Å². The number of halogens is 1. The van der Waals surface area contributed by atoms with Gasteiger partial charge in [-0.2, -0.15) is 0 Å². The molecule has 2 aliphatic heterocycles. The lowest BCUT2D eigenvalue weighted by Gasteiger charge is -2.36. The number of nitrogens with one attached hydrogen (secondary N) is 1. The molecule has 0 radical (unpaired) electrons. The molecule has 2 heterocycles. The molecule has 6 heteroatoms. The Hall–Kier alpha value is -2.08. The quantitative estimate of drug-likeness (QED) is 0.626. The van der Waals surface area contributed by atoms with Crippen molar-refractivity contribution in [1.82, 2.24) is 4.90 Å². The first-order valence-corrected chi connectivity index (χ1v) is 12.0. The van der Waals surface area contributed by atoms with E-state index in [0.717, 1.165) is 42.6 Å². The zero-order chi connectivity index (χ0) is 22.4. The van der Waals surface area contributed by atoms with Crippen LogP contribution in [-0.2, 0) is 14.9 Å². The van der Waals surface area contributed by atoms with Gasteiger partial charge < -0.3 is 14.8 Å². The Morgan fingerprint density at radius 2 is 1.81 bits per heavy atom. The molecule has 172 valence electrons. The number of anilines is 1. The molecule has 0 atom stereocenters. The van der Waals surface area contributed by atoms with Crippen LogP contribution < -0.4 is 10.1 Å². The number of piperidine rings is 1. The first-order chi connectivity index (χ1) is 15.6. The zero-order valence-electron chi connectivity index (χ0n) is 18.8. The maximum absolute atomic E-state index is 13.4. The number of hydrogen-bond donors (Lipinski definition) is 1. The van der Waals surface area contributed by atoms with E-state index in [1.165, 1.54) is 12.8 Å². The van der Waals surface area contributed by atoms with Crippen LogP contribution in [0.1, 0.15) is 38.2 Å². The van der Waals surface area contributed by atoms with Gasteiger partial charge in [-0.1, -0.05) is 36.7 Å². The summed E-state index contributed by atoms with van der Waals surface area (Å²) in [5, 5.41) is 3.72. The van der Waals surface area contributed by atoms with Crippen LogP contribution in [0.5, 0.6) is 5.75 Å². The Morgan fingerprint density at radius 1 is 1.12 bits per heavy atom. The minimum Gasteiger partial charge on any atom is -0.492 e. The van der Waals surface area contributed by atoms with E-state index < -0.39 is 5.41 Å². The van der Waals surface area contributed by atoms with Crippen molar-refractivity contribution in [2.45, 2.75) is 38.0 Å². The predicted molar refractivity (Wildman–Crippen MR) is 129 cm³/mol. The smallest absolute Gasteiger partial charge is 0.235 e. The molecule has 2 aromatic rings. The molecule has 1 amide bonds. The second kappa shape index (κ2) is 10.7. The molecule has 2 aliphatic rings. The van der Waals surface area contributed by atoms with Crippen molar-refractivity contribution < 1.29 is 14.3 Å². The molecular formula is C26H33ClN2O3. The van der Waals surface area contributed by atoms with E-state index in [1.54, 1.807) is 0 Å². The van der Waals surface area contributed by atoms with E-state index >= 15 is 0 Å². The first-order valence-electron chi connectivity index (χ1n) is 11.7. The SMILES string of the molecule is CC1CCN(CCOc2ccc(NC(=O)C3(c4ccccc4Cl)CCOCC3)cc2)CC1. The van der Waals surface area contributed by atoms with E-state index in [1.807, 2.05) is 48.5 Å². The lowest BCUT2D eigenvalue weighted by Crippen LogP contribution is -2.45. The highest BCUT2D eigenvalue weighted by atomic mass is 35.5. The van der Waals surface area contributed by atoms with E-state index in [9.17, 15) is 4.79 Å². The van der Waals surface area contributed by atoms with Crippen molar-refractivity contribution in [3.63, 3.8) is 0 Å². The molecule has 2 saturated heterocycles. The average Bonchev–Trinajstić information content (AvgIpc) is 2.82. The van der Waals surface area contributed by atoms with E-state index in [4.69, 9.17) is 21.1 Å². The number of benzene rings is 2. The van der Waals surface area contributed by atoms with Crippen LogP contribution in [0.15, 0.2) is 48.5 Å². The number of nitrogens with zero attached hydrogens (tertiary/aromatic N) is 1. The number of ether oxygens (including phenoxy) is 2. The molecule has 32 heavy (non-hydrogen) atoms. The summed E-state index contributed by atoms with van der Waals surface area (Å²) in [6.07, 6.45) is 3.77. The topological polar surface area (TPSA) is 50.8 Å². The third-order valence-electron chi connectivity index (χ3n) is 6.84. The fourth-order valence-electron chi connectivity index (χ4n) is 4.65. The molecule has 5 nitrogen and oxygen atoms in total. The van der Waals surface area contributed by atoms with Crippen LogP contribution in [-0.4, -0.2) is 50.3 Å². The maximum atomic E-state index is 13.4. The van der Waals surface area contributed by atoms with Crippen LogP contribution in [0.25, 0.3) is 0 Å². The zero-order valence-corrected chi connectivity index (χ0v) is 19.6. The highest BCUT2D eigenvalue weighted by Gasteiger charge is 2.43. The van der Waals surface area contributed by atoms with Crippen LogP contribution in [0.2, 0.25) is 5.02 Å². The largest absolute Gasteiger partial charge is 0.492 e. The van der Waals surface area contributed by atoms with Gasteiger partial charge in [0.15, 0.2) is 0 Å². The summed E-state index contributed by atoms with van der Waals surface area (Å²) in [7, 11) is 0. The maximum Gasteiger partial charge on any atom is 0.235 e. The molecular weight excluding hydrogens is 424 g/mol. The summed E-state index contributed by atoms with van der Waals surface area (Å²) >= 11 is 6.49. The summed E-state index contributed by atoms with van der Waals surface area (Å²) < 4.78 is 11.5. The number of rotatable bonds is 7. The molecule has 0 bridgehead atoms. The number of carbonyl (C=O) groups excluding carboxylic acids is 1. The third kappa shape index (κ3) is 5.45. The fraction of sp³-hybridized carbons (Fsp3) is 0.500. The number of likely N-dealkylation sites (tertiary alicyclic amines) is 1. The van der Waals surface area contributed by atoms with E-state index in [0.29, 0.717) is 37.7 Å². The van der Waals surface area contributed by atoms with Gasteiger partial charge in [-0.05, 0) is 80.6 Å². The Balaban J connectivity index is 1.35. The molecule has 0 unspecified atom stereocenters. The Kier molecular flexibility index (Phi) is 7.71. The predicted octanol–water partition coefficient (Wildman–Crippen LogP) is 5.14. The average molecular weight is 457 g/mol. The van der Waals surface area contributed by atoms with Crippen molar-refractivity contribution in [2.75, 3.05) is 44.8 Å². The summed E-state index contributed by atoms with van der Waals surface area (Å²) in [6, 6.07) is 15.2. The van der Waals surface area contributed by atoms with Crippen LogP contribution >= 0.6 is 11.6 Å². The minimum absolute atomic E-state index is 0.0399. The third-order valence-corrected chi connectivity index (χ3v) is 7.16. The number of amides is 1. The molecule has 0 saturated carbocycles. The fourth-order valence-corrected chi connectivity index (χ4v) is 4.97. The van der Waals surface area contributed by atoms with E-state index in [-0.39, 0.29) is 5.91 Å². The van der Waals surface area contributed by atoms with Gasteiger partial charge in [0.2, 0.25) is 5.91 Å². The summed E-state index contributed by atoms with van der Waals surface area (Å²) in [6.45, 7) is 7.36. The molecule has 0 aromatic heterocycles. The van der Waals surface area contributed by atoms with Crippen molar-refractivity contribution in [2.24, 2.45) is 5.92 Å². The standard InChI is InChI=1S/C26H33ClN2O3/c1-20-10-14-29(15-11-20)16-19-32-22-8-6-21(7-9-22)28-25(30)26(12-17-31-18-13-26)23-4-2-3-5-24(23)27/h2-9,20H,10-19H2,1H3,(H,28,30). The van der Waals surface area contributed by atoms with Gasteiger partial charge in [0.1, 0.15) is 12.4 Å². The van der Waals surface area contributed by atoms with Crippen molar-refractivity contribution in [3.05, 3.63) is 59.1 Å². The van der Waals surface area contributed by atoms with Gasteiger partial charge in [-0.3, -0.25) is 9.69 Å². The van der Waals surface area contributed by atoms with Gasteiger partial charge in [0.05, 0.1) is 5.41 Å². The van der Waals surface area contributed by atoms with Gasteiger partial charge in [-0.25, -0.2) is 0 Å². The molecule has 2 fully saturated rings. The van der Waals surface area contributed by atoms with Crippen molar-refractivity contribution >= 4 is 23.2 Å². The first kappa shape index (κ1) is 23.1. The second-order valence-electron chi connectivity index (χ2n) is 9.03. The van der Waals surface area contributed by atoms with Crippen molar-refractivity contribution in [3.8, 4) is 5.75 Å². The Labute approximate surface area is 196 Å².